The predicted octanol–water partition coefficient (Wildman–Crippen LogP) is 3.11. The van der Waals surface area contributed by atoms with Gasteiger partial charge in [0.1, 0.15) is 22.9 Å². The molecular weight excluding hydrogens is 397 g/mol. The molecule has 0 radical (unpaired) electrons. The maximum Gasteiger partial charge on any atom is 0.279 e. The van der Waals surface area contributed by atoms with Crippen LogP contribution >= 0.6 is 11.6 Å². The molecule has 0 amide bonds. The normalized spacial score (nSPS) is 16.4. The molecule has 1 fully saturated rings. The second-order valence-corrected chi connectivity index (χ2v) is 8.18. The molecule has 29 heavy (non-hydrogen) atoms. The summed E-state index contributed by atoms with van der Waals surface area (Å²) in [6.45, 7) is 7.27. The molecule has 0 atom stereocenters. The van der Waals surface area contributed by atoms with Gasteiger partial charge in [-0.15, -0.1) is 0 Å². The Kier molecular flexibility index (Phi) is 4.78. The summed E-state index contributed by atoms with van der Waals surface area (Å²) in [7, 11) is 1.63. The van der Waals surface area contributed by atoms with E-state index < -0.39 is 11.4 Å². The summed E-state index contributed by atoms with van der Waals surface area (Å²) in [5.41, 5.74) is 0.206. The lowest BCUT2D eigenvalue weighted by Gasteiger charge is -2.38. The lowest BCUT2D eigenvalue weighted by Crippen LogP contribution is -2.49. The number of rotatable bonds is 2. The highest BCUT2D eigenvalue weighted by molar-refractivity contribution is 6.30. The van der Waals surface area contributed by atoms with Gasteiger partial charge in [-0.3, -0.25) is 9.36 Å². The van der Waals surface area contributed by atoms with Gasteiger partial charge in [-0.1, -0.05) is 11.6 Å². The van der Waals surface area contributed by atoms with Crippen molar-refractivity contribution in [1.82, 2.24) is 19.5 Å². The molecule has 2 aromatic heterocycles. The van der Waals surface area contributed by atoms with Gasteiger partial charge < -0.3 is 9.64 Å². The SMILES string of the molecule is Cc1nc2c(-c3ccc(Cl)cc3F)nc(N3CCOC(C)(C)C3)nc2c(=O)n1C. The number of morpholine rings is 1. The molecule has 0 N–H and O–H groups in total. The standard InChI is InChI=1S/C20H21ClFN5O2/c1-11-23-16-15(13-6-5-12(21)9-14(13)22)24-19(25-17(16)18(28)26(11)4)27-7-8-29-20(2,3)10-27/h5-6,9H,7-8,10H2,1-4H3. The Hall–Kier alpha value is -2.58. The first-order chi connectivity index (χ1) is 13.7. The zero-order valence-electron chi connectivity index (χ0n) is 16.7. The van der Waals surface area contributed by atoms with E-state index in [4.69, 9.17) is 16.3 Å². The molecule has 1 aliphatic rings. The Morgan fingerprint density at radius 2 is 1.97 bits per heavy atom. The van der Waals surface area contributed by atoms with E-state index in [1.54, 1.807) is 26.1 Å². The fraction of sp³-hybridized carbons (Fsp3) is 0.400. The molecule has 0 bridgehead atoms. The molecule has 7 nitrogen and oxygen atoms in total. The lowest BCUT2D eigenvalue weighted by atomic mass is 10.1. The number of hydrogen-bond acceptors (Lipinski definition) is 6. The highest BCUT2D eigenvalue weighted by Crippen LogP contribution is 2.30. The van der Waals surface area contributed by atoms with Crippen molar-refractivity contribution in [2.24, 2.45) is 7.05 Å². The zero-order valence-corrected chi connectivity index (χ0v) is 17.4. The van der Waals surface area contributed by atoms with E-state index in [2.05, 4.69) is 15.0 Å². The number of aryl methyl sites for hydroxylation is 1. The second kappa shape index (κ2) is 7.03. The van der Waals surface area contributed by atoms with Gasteiger partial charge in [-0.2, -0.15) is 0 Å². The number of ether oxygens (including phenoxy) is 1. The Morgan fingerprint density at radius 3 is 2.66 bits per heavy atom. The molecule has 1 saturated heterocycles. The fourth-order valence-corrected chi connectivity index (χ4v) is 3.60. The van der Waals surface area contributed by atoms with Crippen LogP contribution in [0, 0.1) is 12.7 Å². The van der Waals surface area contributed by atoms with E-state index in [1.165, 1.54) is 10.6 Å². The van der Waals surface area contributed by atoms with Gasteiger partial charge in [0.2, 0.25) is 5.95 Å². The average Bonchev–Trinajstić information content (AvgIpc) is 2.65. The van der Waals surface area contributed by atoms with Crippen molar-refractivity contribution < 1.29 is 9.13 Å². The van der Waals surface area contributed by atoms with E-state index in [0.717, 1.165) is 0 Å². The number of aromatic nitrogens is 4. The van der Waals surface area contributed by atoms with E-state index in [-0.39, 0.29) is 32.9 Å². The van der Waals surface area contributed by atoms with Crippen molar-refractivity contribution in [2.45, 2.75) is 26.4 Å². The number of anilines is 1. The van der Waals surface area contributed by atoms with Crippen LogP contribution in [0.3, 0.4) is 0 Å². The minimum atomic E-state index is -0.536. The minimum Gasteiger partial charge on any atom is -0.372 e. The number of nitrogens with zero attached hydrogens (tertiary/aromatic N) is 5. The molecule has 4 rings (SSSR count). The maximum atomic E-state index is 14.8. The summed E-state index contributed by atoms with van der Waals surface area (Å²) in [4.78, 5) is 28.5. The van der Waals surface area contributed by atoms with Crippen molar-refractivity contribution in [2.75, 3.05) is 24.6 Å². The molecule has 0 unspecified atom stereocenters. The molecule has 152 valence electrons. The molecule has 0 aliphatic carbocycles. The molecule has 0 saturated carbocycles. The third-order valence-electron chi connectivity index (χ3n) is 5.03. The first-order valence-corrected chi connectivity index (χ1v) is 9.64. The van der Waals surface area contributed by atoms with Crippen LogP contribution < -0.4 is 10.5 Å². The van der Waals surface area contributed by atoms with E-state index in [9.17, 15) is 9.18 Å². The van der Waals surface area contributed by atoms with Gasteiger partial charge in [-0.25, -0.2) is 19.3 Å². The van der Waals surface area contributed by atoms with Crippen LogP contribution in [-0.4, -0.2) is 44.8 Å². The molecule has 9 heteroatoms. The summed E-state index contributed by atoms with van der Waals surface area (Å²) in [6, 6.07) is 4.34. The lowest BCUT2D eigenvalue weighted by molar-refractivity contribution is -0.0281. The highest BCUT2D eigenvalue weighted by Gasteiger charge is 2.30. The van der Waals surface area contributed by atoms with Crippen LogP contribution in [0.2, 0.25) is 5.02 Å². The fourth-order valence-electron chi connectivity index (χ4n) is 3.44. The summed E-state index contributed by atoms with van der Waals surface area (Å²) in [5, 5.41) is 0.278. The quantitative estimate of drug-likeness (QED) is 0.638. The van der Waals surface area contributed by atoms with E-state index in [1.807, 2.05) is 18.7 Å². The van der Waals surface area contributed by atoms with E-state index >= 15 is 0 Å². The smallest absolute Gasteiger partial charge is 0.279 e. The Labute approximate surface area is 172 Å². The monoisotopic (exact) mass is 417 g/mol. The van der Waals surface area contributed by atoms with Crippen molar-refractivity contribution in [1.29, 1.82) is 0 Å². The van der Waals surface area contributed by atoms with Crippen molar-refractivity contribution in [3.63, 3.8) is 0 Å². The van der Waals surface area contributed by atoms with Crippen LogP contribution in [0.1, 0.15) is 19.7 Å². The summed E-state index contributed by atoms with van der Waals surface area (Å²) in [5.74, 6) is 0.300. The number of fused-ring (bicyclic) bond motifs is 1. The zero-order chi connectivity index (χ0) is 20.9. The average molecular weight is 418 g/mol. The van der Waals surface area contributed by atoms with Gasteiger partial charge in [0.15, 0.2) is 5.52 Å². The van der Waals surface area contributed by atoms with Crippen LogP contribution in [0.4, 0.5) is 10.3 Å². The van der Waals surface area contributed by atoms with Crippen molar-refractivity contribution in [3.05, 3.63) is 45.2 Å². The Balaban J connectivity index is 2.01. The summed E-state index contributed by atoms with van der Waals surface area (Å²) in [6.07, 6.45) is 0. The molecule has 0 spiro atoms. The minimum absolute atomic E-state index is 0.150. The van der Waals surface area contributed by atoms with Crippen LogP contribution in [0.25, 0.3) is 22.3 Å². The van der Waals surface area contributed by atoms with Gasteiger partial charge in [-0.05, 0) is 39.0 Å². The third kappa shape index (κ3) is 3.58. The van der Waals surface area contributed by atoms with Crippen molar-refractivity contribution >= 4 is 28.6 Å². The topological polar surface area (TPSA) is 73.1 Å². The summed E-state index contributed by atoms with van der Waals surface area (Å²) < 4.78 is 21.9. The Morgan fingerprint density at radius 1 is 1.21 bits per heavy atom. The first-order valence-electron chi connectivity index (χ1n) is 9.26. The first kappa shape index (κ1) is 19.7. The van der Waals surface area contributed by atoms with Gasteiger partial charge in [0.05, 0.1) is 12.2 Å². The number of benzene rings is 1. The van der Waals surface area contributed by atoms with Crippen molar-refractivity contribution in [3.8, 4) is 11.3 Å². The van der Waals surface area contributed by atoms with Crippen LogP contribution in [0.5, 0.6) is 0 Å². The second-order valence-electron chi connectivity index (χ2n) is 7.75. The molecule has 3 heterocycles. The summed E-state index contributed by atoms with van der Waals surface area (Å²) >= 11 is 5.91. The van der Waals surface area contributed by atoms with Gasteiger partial charge >= 0.3 is 0 Å². The molecule has 3 aromatic rings. The number of halogens is 2. The highest BCUT2D eigenvalue weighted by atomic mass is 35.5. The number of hydrogen-bond donors (Lipinski definition) is 0. The largest absolute Gasteiger partial charge is 0.372 e. The van der Waals surface area contributed by atoms with Gasteiger partial charge in [0, 0.05) is 30.7 Å². The van der Waals surface area contributed by atoms with Crippen LogP contribution in [-0.2, 0) is 11.8 Å². The maximum absolute atomic E-state index is 14.8. The Bertz CT molecular complexity index is 1180. The molecule has 1 aliphatic heterocycles. The molecule has 1 aromatic carbocycles. The molecular formula is C20H21ClFN5O2. The third-order valence-corrected chi connectivity index (χ3v) is 5.27. The van der Waals surface area contributed by atoms with Crippen LogP contribution in [0.15, 0.2) is 23.0 Å². The van der Waals surface area contributed by atoms with Gasteiger partial charge in [0.25, 0.3) is 5.56 Å². The van der Waals surface area contributed by atoms with E-state index in [0.29, 0.717) is 31.5 Å². The predicted molar refractivity (Wildman–Crippen MR) is 110 cm³/mol.